The maximum Gasteiger partial charge on any atom is 0.142 e. The minimum Gasteiger partial charge on any atom is -0.495 e. The van der Waals surface area contributed by atoms with Crippen molar-refractivity contribution in [1.29, 1.82) is 5.26 Å². The Balaban J connectivity index is 3.06. The number of hydrogen-bond donors (Lipinski definition) is 0. The van der Waals surface area contributed by atoms with Gasteiger partial charge in [-0.3, -0.25) is 0 Å². The van der Waals surface area contributed by atoms with Crippen molar-refractivity contribution in [3.05, 3.63) is 23.8 Å². The molecule has 1 rings (SSSR count). The van der Waals surface area contributed by atoms with E-state index in [0.717, 1.165) is 17.9 Å². The van der Waals surface area contributed by atoms with Crippen molar-refractivity contribution in [2.75, 3.05) is 25.6 Å². The molecule has 0 saturated heterocycles. The Hall–Kier alpha value is -1.69. The van der Waals surface area contributed by atoms with Crippen molar-refractivity contribution in [3.63, 3.8) is 0 Å². The number of hydrogen-bond acceptors (Lipinski definition) is 3. The standard InChI is InChI=1S/C12H16N2O/c1-4-10-5-6-12(15-3)11(9-10)14(2)8-7-13/h5-6,9H,4,8H2,1-3H3. The molecular formula is C12H16N2O. The summed E-state index contributed by atoms with van der Waals surface area (Å²) in [6.45, 7) is 2.47. The van der Waals surface area contributed by atoms with Crippen LogP contribution in [0.25, 0.3) is 0 Å². The number of ether oxygens (including phenoxy) is 1. The predicted molar refractivity (Wildman–Crippen MR) is 61.3 cm³/mol. The lowest BCUT2D eigenvalue weighted by atomic mass is 10.1. The molecule has 1 aromatic rings. The quantitative estimate of drug-likeness (QED) is 0.705. The molecule has 0 N–H and O–H groups in total. The van der Waals surface area contributed by atoms with Gasteiger partial charge >= 0.3 is 0 Å². The van der Waals surface area contributed by atoms with E-state index in [-0.39, 0.29) is 0 Å². The van der Waals surface area contributed by atoms with Gasteiger partial charge in [0.15, 0.2) is 0 Å². The number of nitriles is 1. The molecule has 80 valence electrons. The van der Waals surface area contributed by atoms with Crippen LogP contribution in [0.15, 0.2) is 18.2 Å². The van der Waals surface area contributed by atoms with Gasteiger partial charge in [0.1, 0.15) is 12.3 Å². The molecule has 0 heterocycles. The molecule has 3 nitrogen and oxygen atoms in total. The van der Waals surface area contributed by atoms with Gasteiger partial charge in [-0.05, 0) is 24.1 Å². The first-order valence-electron chi connectivity index (χ1n) is 4.98. The molecule has 0 radical (unpaired) electrons. The molecule has 15 heavy (non-hydrogen) atoms. The van der Waals surface area contributed by atoms with Gasteiger partial charge in [0, 0.05) is 7.05 Å². The minimum atomic E-state index is 0.365. The molecule has 3 heteroatoms. The molecular weight excluding hydrogens is 188 g/mol. The van der Waals surface area contributed by atoms with Gasteiger partial charge in [-0.25, -0.2) is 0 Å². The second-order valence-electron chi connectivity index (χ2n) is 3.37. The third kappa shape index (κ3) is 2.63. The smallest absolute Gasteiger partial charge is 0.142 e. The van der Waals surface area contributed by atoms with E-state index in [1.165, 1.54) is 5.56 Å². The summed E-state index contributed by atoms with van der Waals surface area (Å²) < 4.78 is 5.26. The van der Waals surface area contributed by atoms with Crippen molar-refractivity contribution >= 4 is 5.69 Å². The van der Waals surface area contributed by atoms with E-state index in [9.17, 15) is 0 Å². The Morgan fingerprint density at radius 2 is 2.20 bits per heavy atom. The first-order chi connectivity index (χ1) is 7.22. The van der Waals surface area contributed by atoms with E-state index < -0.39 is 0 Å². The van der Waals surface area contributed by atoms with Crippen molar-refractivity contribution < 1.29 is 4.74 Å². The van der Waals surface area contributed by atoms with Gasteiger partial charge < -0.3 is 9.64 Å². The Morgan fingerprint density at radius 1 is 1.47 bits per heavy atom. The number of methoxy groups -OCH3 is 1. The Morgan fingerprint density at radius 3 is 2.73 bits per heavy atom. The monoisotopic (exact) mass is 204 g/mol. The zero-order chi connectivity index (χ0) is 11.3. The summed E-state index contributed by atoms with van der Waals surface area (Å²) in [5.41, 5.74) is 2.22. The molecule has 0 aliphatic rings. The van der Waals surface area contributed by atoms with Crippen LogP contribution in [-0.4, -0.2) is 20.7 Å². The first-order valence-corrected chi connectivity index (χ1v) is 4.98. The van der Waals surface area contributed by atoms with Crippen LogP contribution in [0, 0.1) is 11.3 Å². The number of benzene rings is 1. The molecule has 0 aromatic heterocycles. The fraction of sp³-hybridized carbons (Fsp3) is 0.417. The average Bonchev–Trinajstić information content (AvgIpc) is 2.28. The number of aryl methyl sites for hydroxylation is 1. The molecule has 0 amide bonds. The first kappa shape index (κ1) is 11.4. The summed E-state index contributed by atoms with van der Waals surface area (Å²) in [7, 11) is 3.53. The molecule has 0 fully saturated rings. The minimum absolute atomic E-state index is 0.365. The number of rotatable bonds is 4. The summed E-state index contributed by atoms with van der Waals surface area (Å²) in [6, 6.07) is 8.18. The van der Waals surface area contributed by atoms with Crippen molar-refractivity contribution in [3.8, 4) is 11.8 Å². The topological polar surface area (TPSA) is 36.3 Å². The van der Waals surface area contributed by atoms with Crippen molar-refractivity contribution in [1.82, 2.24) is 0 Å². The highest BCUT2D eigenvalue weighted by Gasteiger charge is 2.08. The third-order valence-corrected chi connectivity index (χ3v) is 2.37. The lowest BCUT2D eigenvalue weighted by Crippen LogP contribution is -2.18. The maximum atomic E-state index is 8.66. The summed E-state index contributed by atoms with van der Waals surface area (Å²) in [6.07, 6.45) is 0.984. The fourth-order valence-electron chi connectivity index (χ4n) is 1.45. The van der Waals surface area contributed by atoms with Crippen LogP contribution in [0.4, 0.5) is 5.69 Å². The Kier molecular flexibility index (Phi) is 3.99. The molecule has 0 unspecified atom stereocenters. The molecule has 1 aromatic carbocycles. The van der Waals surface area contributed by atoms with E-state index in [2.05, 4.69) is 19.1 Å². The van der Waals surface area contributed by atoms with Crippen molar-refractivity contribution in [2.45, 2.75) is 13.3 Å². The van der Waals surface area contributed by atoms with E-state index in [0.29, 0.717) is 6.54 Å². The molecule has 0 aliphatic carbocycles. The van der Waals surface area contributed by atoms with Gasteiger partial charge in [-0.15, -0.1) is 0 Å². The summed E-state index contributed by atoms with van der Waals surface area (Å²) in [4.78, 5) is 1.89. The van der Waals surface area contributed by atoms with Gasteiger partial charge in [-0.2, -0.15) is 5.26 Å². The number of anilines is 1. The van der Waals surface area contributed by atoms with Crippen LogP contribution < -0.4 is 9.64 Å². The predicted octanol–water partition coefficient (Wildman–Crippen LogP) is 2.22. The van der Waals surface area contributed by atoms with Gasteiger partial charge in [-0.1, -0.05) is 13.0 Å². The maximum absolute atomic E-state index is 8.66. The molecule has 0 aliphatic heterocycles. The highest BCUT2D eigenvalue weighted by atomic mass is 16.5. The Labute approximate surface area is 90.9 Å². The average molecular weight is 204 g/mol. The van der Waals surface area contributed by atoms with Crippen molar-refractivity contribution in [2.24, 2.45) is 0 Å². The van der Waals surface area contributed by atoms with Gasteiger partial charge in [0.2, 0.25) is 0 Å². The zero-order valence-corrected chi connectivity index (χ0v) is 9.45. The number of nitrogens with zero attached hydrogens (tertiary/aromatic N) is 2. The van der Waals surface area contributed by atoms with Crippen LogP contribution in [0.3, 0.4) is 0 Å². The Bertz CT molecular complexity index is 368. The third-order valence-electron chi connectivity index (χ3n) is 2.37. The summed E-state index contributed by atoms with van der Waals surface area (Å²) in [5.74, 6) is 0.810. The normalized spacial score (nSPS) is 9.47. The summed E-state index contributed by atoms with van der Waals surface area (Å²) in [5, 5.41) is 8.66. The largest absolute Gasteiger partial charge is 0.495 e. The lowest BCUT2D eigenvalue weighted by molar-refractivity contribution is 0.415. The van der Waals surface area contributed by atoms with Crippen LogP contribution in [0.1, 0.15) is 12.5 Å². The zero-order valence-electron chi connectivity index (χ0n) is 9.45. The van der Waals surface area contributed by atoms with Gasteiger partial charge in [0.05, 0.1) is 18.9 Å². The highest BCUT2D eigenvalue weighted by molar-refractivity contribution is 5.60. The molecule has 0 spiro atoms. The molecule has 0 saturated carbocycles. The highest BCUT2D eigenvalue weighted by Crippen LogP contribution is 2.28. The van der Waals surface area contributed by atoms with E-state index in [1.807, 2.05) is 24.1 Å². The van der Waals surface area contributed by atoms with E-state index in [1.54, 1.807) is 7.11 Å². The van der Waals surface area contributed by atoms with Crippen LogP contribution >= 0.6 is 0 Å². The molecule has 0 bridgehead atoms. The van der Waals surface area contributed by atoms with Gasteiger partial charge in [0.25, 0.3) is 0 Å². The molecule has 0 atom stereocenters. The fourth-order valence-corrected chi connectivity index (χ4v) is 1.45. The van der Waals surface area contributed by atoms with E-state index >= 15 is 0 Å². The SMILES string of the molecule is CCc1ccc(OC)c(N(C)CC#N)c1. The summed E-state index contributed by atoms with van der Waals surface area (Å²) >= 11 is 0. The second-order valence-corrected chi connectivity index (χ2v) is 3.37. The van der Waals surface area contributed by atoms with Crippen LogP contribution in [0.5, 0.6) is 5.75 Å². The van der Waals surface area contributed by atoms with Crippen LogP contribution in [0.2, 0.25) is 0 Å². The van der Waals surface area contributed by atoms with E-state index in [4.69, 9.17) is 10.00 Å². The second kappa shape index (κ2) is 5.26. The van der Waals surface area contributed by atoms with Crippen LogP contribution in [-0.2, 0) is 6.42 Å². The lowest BCUT2D eigenvalue weighted by Gasteiger charge is -2.19.